The van der Waals surface area contributed by atoms with Gasteiger partial charge in [0.25, 0.3) is 0 Å². The second-order valence-electron chi connectivity index (χ2n) is 9.83. The molecule has 5 heterocycles. The fourth-order valence-corrected chi connectivity index (χ4v) is 4.61. The fourth-order valence-electron chi connectivity index (χ4n) is 4.61. The Hall–Kier alpha value is -4.20. The molecule has 0 amide bonds. The molecule has 5 rings (SSSR count). The summed E-state index contributed by atoms with van der Waals surface area (Å²) in [6, 6.07) is 6.01. The van der Waals surface area contributed by atoms with E-state index in [-0.39, 0.29) is 0 Å². The van der Waals surface area contributed by atoms with Crippen LogP contribution in [0.4, 0.5) is 5.69 Å². The van der Waals surface area contributed by atoms with Gasteiger partial charge >= 0.3 is 0 Å². The number of pyridine rings is 2. The molecule has 0 aromatic carbocycles. The molecular weight excluding hydrogens is 460 g/mol. The van der Waals surface area contributed by atoms with Gasteiger partial charge in [-0.25, -0.2) is 9.97 Å². The molecule has 1 saturated heterocycles. The summed E-state index contributed by atoms with van der Waals surface area (Å²) >= 11 is 0. The Morgan fingerprint density at radius 3 is 2.70 bits per heavy atom. The summed E-state index contributed by atoms with van der Waals surface area (Å²) in [6.45, 7) is 16.4. The number of imidazole rings is 1. The maximum absolute atomic E-state index is 4.99. The average Bonchev–Trinajstić information content (AvgIpc) is 3.50. The molecule has 0 bridgehead atoms. The number of likely N-dealkylation sites (tertiary alicyclic amines) is 1. The Morgan fingerprint density at radius 2 is 1.95 bits per heavy atom. The number of aromatic amines is 2. The van der Waals surface area contributed by atoms with E-state index in [2.05, 4.69) is 70.4 Å². The molecule has 4 aromatic heterocycles. The van der Waals surface area contributed by atoms with Crippen molar-refractivity contribution in [3.05, 3.63) is 73.0 Å². The predicted molar refractivity (Wildman–Crippen MR) is 151 cm³/mol. The molecule has 1 aliphatic heterocycles. The SMILES string of the molecule is C=C/C=C(\c1nc(-c2n[nH]c3ccc(-c4cncc(NC(=C)C(C)C)c4)nc23)[nH]c1C)N1CCCCC1. The molecule has 1 aliphatic rings. The number of piperidine rings is 1. The van der Waals surface area contributed by atoms with Crippen LogP contribution in [0.5, 0.6) is 0 Å². The molecule has 8 heteroatoms. The maximum atomic E-state index is 4.99. The first kappa shape index (κ1) is 24.5. The number of nitrogens with zero attached hydrogens (tertiary/aromatic N) is 5. The summed E-state index contributed by atoms with van der Waals surface area (Å²) in [6.07, 6.45) is 11.2. The van der Waals surface area contributed by atoms with E-state index in [9.17, 15) is 0 Å². The van der Waals surface area contributed by atoms with Crippen molar-refractivity contribution in [1.29, 1.82) is 0 Å². The van der Waals surface area contributed by atoms with Crippen molar-refractivity contribution in [2.45, 2.75) is 40.0 Å². The van der Waals surface area contributed by atoms with Gasteiger partial charge in [0.15, 0.2) is 11.5 Å². The highest BCUT2D eigenvalue weighted by Crippen LogP contribution is 2.31. The molecule has 0 atom stereocenters. The zero-order valence-electron chi connectivity index (χ0n) is 21.8. The van der Waals surface area contributed by atoms with Crippen molar-refractivity contribution < 1.29 is 0 Å². The first-order chi connectivity index (χ1) is 17.9. The molecule has 0 saturated carbocycles. The van der Waals surface area contributed by atoms with E-state index in [4.69, 9.17) is 9.97 Å². The highest BCUT2D eigenvalue weighted by Gasteiger charge is 2.22. The molecule has 0 unspecified atom stereocenters. The summed E-state index contributed by atoms with van der Waals surface area (Å²) in [7, 11) is 0. The lowest BCUT2D eigenvalue weighted by Crippen LogP contribution is -2.28. The largest absolute Gasteiger partial charge is 0.370 e. The van der Waals surface area contributed by atoms with Crippen LogP contribution in [0.15, 0.2) is 61.6 Å². The van der Waals surface area contributed by atoms with Crippen LogP contribution >= 0.6 is 0 Å². The van der Waals surface area contributed by atoms with Gasteiger partial charge in [0.2, 0.25) is 0 Å². The molecule has 0 radical (unpaired) electrons. The van der Waals surface area contributed by atoms with Crippen LogP contribution in [-0.4, -0.2) is 48.1 Å². The number of nitrogens with one attached hydrogen (secondary N) is 3. The maximum Gasteiger partial charge on any atom is 0.161 e. The smallest absolute Gasteiger partial charge is 0.161 e. The standard InChI is InChI=1S/C29H34N8/c1-6-10-25(37-13-8-7-9-14-37)26-20(5)32-29(34-26)28-27-24(35-36-28)12-11-23(33-27)21-15-22(17-30-16-21)31-19(4)18(2)3/h6,10-12,15-18,31H,1,4,7-9,13-14H2,2-3,5H3,(H,32,34)(H,35,36)/b25-10+. The third-order valence-corrected chi connectivity index (χ3v) is 6.77. The van der Waals surface area contributed by atoms with Crippen LogP contribution in [-0.2, 0) is 0 Å². The minimum Gasteiger partial charge on any atom is -0.370 e. The third-order valence-electron chi connectivity index (χ3n) is 6.77. The molecular formula is C29H34N8. The minimum atomic E-state index is 0.324. The Bertz CT molecular complexity index is 1470. The zero-order valence-corrected chi connectivity index (χ0v) is 21.8. The van der Waals surface area contributed by atoms with E-state index in [0.717, 1.165) is 63.8 Å². The van der Waals surface area contributed by atoms with Gasteiger partial charge in [-0.2, -0.15) is 5.10 Å². The number of aryl methyl sites for hydroxylation is 1. The summed E-state index contributed by atoms with van der Waals surface area (Å²) in [5, 5.41) is 11.0. The zero-order chi connectivity index (χ0) is 25.9. The summed E-state index contributed by atoms with van der Waals surface area (Å²) in [4.78, 5) is 20.2. The number of anilines is 1. The lowest BCUT2D eigenvalue weighted by Gasteiger charge is -2.30. The monoisotopic (exact) mass is 494 g/mol. The van der Waals surface area contributed by atoms with E-state index in [1.807, 2.05) is 30.5 Å². The van der Waals surface area contributed by atoms with Gasteiger partial charge in [0.05, 0.1) is 28.8 Å². The second kappa shape index (κ2) is 10.4. The van der Waals surface area contributed by atoms with Crippen LogP contribution < -0.4 is 5.32 Å². The number of H-pyrrole nitrogens is 2. The Labute approximate surface area is 217 Å². The highest BCUT2D eigenvalue weighted by molar-refractivity contribution is 5.89. The topological polar surface area (TPSA) is 98.4 Å². The Balaban J connectivity index is 1.50. The number of aromatic nitrogens is 6. The Kier molecular flexibility index (Phi) is 6.90. The van der Waals surface area contributed by atoms with Gasteiger partial charge < -0.3 is 15.2 Å². The number of allylic oxidation sites excluding steroid dienone is 3. The minimum absolute atomic E-state index is 0.324. The van der Waals surface area contributed by atoms with E-state index in [1.54, 1.807) is 6.20 Å². The summed E-state index contributed by atoms with van der Waals surface area (Å²) < 4.78 is 0. The van der Waals surface area contributed by atoms with Crippen molar-refractivity contribution in [2.75, 3.05) is 18.4 Å². The molecule has 190 valence electrons. The van der Waals surface area contributed by atoms with E-state index in [0.29, 0.717) is 17.4 Å². The molecule has 8 nitrogen and oxygen atoms in total. The fraction of sp³-hybridized carbons (Fsp3) is 0.310. The highest BCUT2D eigenvalue weighted by atomic mass is 15.2. The molecule has 0 aliphatic carbocycles. The van der Waals surface area contributed by atoms with Gasteiger partial charge in [0, 0.05) is 36.2 Å². The molecule has 1 fully saturated rings. The van der Waals surface area contributed by atoms with Crippen LogP contribution in [0, 0.1) is 12.8 Å². The number of hydrogen-bond donors (Lipinski definition) is 3. The second-order valence-corrected chi connectivity index (χ2v) is 9.83. The van der Waals surface area contributed by atoms with E-state index >= 15 is 0 Å². The first-order valence-electron chi connectivity index (χ1n) is 12.9. The Morgan fingerprint density at radius 1 is 1.14 bits per heavy atom. The van der Waals surface area contributed by atoms with Crippen LogP contribution in [0.25, 0.3) is 39.5 Å². The average molecular weight is 495 g/mol. The molecule has 4 aromatic rings. The van der Waals surface area contributed by atoms with Crippen molar-refractivity contribution in [3.8, 4) is 22.8 Å². The van der Waals surface area contributed by atoms with Crippen LogP contribution in [0.1, 0.15) is 44.5 Å². The van der Waals surface area contributed by atoms with Crippen molar-refractivity contribution >= 4 is 22.4 Å². The van der Waals surface area contributed by atoms with Crippen molar-refractivity contribution in [3.63, 3.8) is 0 Å². The van der Waals surface area contributed by atoms with Crippen molar-refractivity contribution in [1.82, 2.24) is 35.0 Å². The van der Waals surface area contributed by atoms with E-state index < -0.39 is 0 Å². The van der Waals surface area contributed by atoms with Crippen molar-refractivity contribution in [2.24, 2.45) is 5.92 Å². The third kappa shape index (κ3) is 5.05. The first-order valence-corrected chi connectivity index (χ1v) is 12.9. The summed E-state index contributed by atoms with van der Waals surface area (Å²) in [5.41, 5.74) is 8.87. The quantitative estimate of drug-likeness (QED) is 0.248. The van der Waals surface area contributed by atoms with Gasteiger partial charge in [-0.05, 0) is 56.4 Å². The van der Waals surface area contributed by atoms with Crippen LogP contribution in [0.2, 0.25) is 0 Å². The predicted octanol–water partition coefficient (Wildman–Crippen LogP) is 6.31. The molecule has 0 spiro atoms. The lowest BCUT2D eigenvalue weighted by molar-refractivity contribution is 0.325. The summed E-state index contributed by atoms with van der Waals surface area (Å²) in [5.74, 6) is 1.02. The molecule has 3 N–H and O–H groups in total. The van der Waals surface area contributed by atoms with Gasteiger partial charge in [-0.3, -0.25) is 10.1 Å². The van der Waals surface area contributed by atoms with Gasteiger partial charge in [0.1, 0.15) is 11.2 Å². The lowest BCUT2D eigenvalue weighted by atomic mass is 10.1. The number of rotatable bonds is 8. The van der Waals surface area contributed by atoms with Gasteiger partial charge in [-0.1, -0.05) is 33.1 Å². The number of hydrogen-bond acceptors (Lipinski definition) is 6. The van der Waals surface area contributed by atoms with Crippen LogP contribution in [0.3, 0.4) is 0 Å². The molecule has 37 heavy (non-hydrogen) atoms. The van der Waals surface area contributed by atoms with E-state index in [1.165, 1.54) is 19.3 Å². The van der Waals surface area contributed by atoms with Gasteiger partial charge in [-0.15, -0.1) is 0 Å². The normalized spacial score (nSPS) is 14.4. The number of fused-ring (bicyclic) bond motifs is 1.